The van der Waals surface area contributed by atoms with Crippen LogP contribution < -0.4 is 21.3 Å². The molecule has 0 aromatic carbocycles. The number of nitrogens with one attached hydrogen (secondary N) is 4. The lowest BCUT2D eigenvalue weighted by molar-refractivity contribution is -0.156. The number of aliphatic hydroxyl groups excluding tert-OH is 4. The molecule has 0 fully saturated rings. The van der Waals surface area contributed by atoms with Gasteiger partial charge in [0.05, 0.1) is 37.7 Å². The molecule has 0 saturated carbocycles. The number of carbonyl (C=O) groups is 5. The molecule has 0 spiro atoms. The van der Waals surface area contributed by atoms with Crippen LogP contribution in [-0.2, 0) is 28.7 Å². The first-order valence-electron chi connectivity index (χ1n) is 18.9. The van der Waals surface area contributed by atoms with E-state index in [-0.39, 0.29) is 19.3 Å². The van der Waals surface area contributed by atoms with Crippen LogP contribution in [0.15, 0.2) is 0 Å². The largest absolute Gasteiger partial charge is 0.460 e. The molecule has 9 N–H and O–H groups in total. The summed E-state index contributed by atoms with van der Waals surface area (Å²) in [5.41, 5.74) is 0. The van der Waals surface area contributed by atoms with Gasteiger partial charge in [-0.25, -0.2) is 4.79 Å². The van der Waals surface area contributed by atoms with Gasteiger partial charge >= 0.3 is 5.97 Å². The summed E-state index contributed by atoms with van der Waals surface area (Å²) < 4.78 is 5.77. The molecule has 0 aromatic rings. The number of hydrogen-bond donors (Lipinski definition) is 9. The molecule has 51 heavy (non-hydrogen) atoms. The van der Waals surface area contributed by atoms with Crippen molar-refractivity contribution in [3.8, 4) is 0 Å². The molecule has 0 aliphatic heterocycles. The molecule has 0 radical (unpaired) electrons. The van der Waals surface area contributed by atoms with Gasteiger partial charge < -0.3 is 51.5 Å². The summed E-state index contributed by atoms with van der Waals surface area (Å²) in [4.78, 5) is 63.8. The lowest BCUT2D eigenvalue weighted by atomic mass is 10.0. The molecule has 0 aromatic heterocycles. The molecule has 298 valence electrons. The van der Waals surface area contributed by atoms with E-state index in [9.17, 15) is 49.5 Å². The molecule has 7 atom stereocenters. The minimum atomic E-state index is -2.02. The number of amides is 4. The van der Waals surface area contributed by atoms with Gasteiger partial charge in [0, 0.05) is 0 Å². The average molecular weight is 733 g/mol. The molecule has 0 aliphatic rings. The SMILES string of the molecule is CCCCCCCCCCCCCC(CC(=O)NC(C(C)O)C(O)O)OC(=O)C(CCCC)NC(=O)C(NC(=O)CNC(=O)CC(C)O)C(C)O. The van der Waals surface area contributed by atoms with Crippen molar-refractivity contribution < 1.29 is 54.2 Å². The first kappa shape index (κ1) is 48.1. The maximum atomic E-state index is 13.5. The summed E-state index contributed by atoms with van der Waals surface area (Å²) in [5, 5.41) is 58.2. The third-order valence-corrected chi connectivity index (χ3v) is 8.45. The maximum Gasteiger partial charge on any atom is 0.328 e. The van der Waals surface area contributed by atoms with E-state index >= 15 is 0 Å². The van der Waals surface area contributed by atoms with E-state index < -0.39 is 85.0 Å². The zero-order chi connectivity index (χ0) is 38.8. The summed E-state index contributed by atoms with van der Waals surface area (Å²) >= 11 is 0. The fraction of sp³-hybridized carbons (Fsp3) is 0.861. The number of unbranched alkanes of at least 4 members (excludes halogenated alkanes) is 11. The van der Waals surface area contributed by atoms with E-state index in [0.717, 1.165) is 25.7 Å². The van der Waals surface area contributed by atoms with Crippen molar-refractivity contribution in [2.24, 2.45) is 0 Å². The lowest BCUT2D eigenvalue weighted by Gasteiger charge is -2.27. The third kappa shape index (κ3) is 24.1. The zero-order valence-electron chi connectivity index (χ0n) is 31.5. The van der Waals surface area contributed by atoms with E-state index in [1.807, 2.05) is 6.92 Å². The van der Waals surface area contributed by atoms with Gasteiger partial charge in [-0.3, -0.25) is 19.2 Å². The molecular weight excluding hydrogens is 664 g/mol. The Morgan fingerprint density at radius 3 is 1.63 bits per heavy atom. The van der Waals surface area contributed by atoms with Crippen LogP contribution in [-0.4, -0.2) is 111 Å². The molecular formula is C36H68N4O11. The van der Waals surface area contributed by atoms with Gasteiger partial charge in [0.1, 0.15) is 24.2 Å². The normalized spacial score (nSPS) is 15.5. The Morgan fingerprint density at radius 2 is 1.14 bits per heavy atom. The van der Waals surface area contributed by atoms with E-state index in [2.05, 4.69) is 28.2 Å². The van der Waals surface area contributed by atoms with Crippen LogP contribution in [0, 0.1) is 0 Å². The first-order chi connectivity index (χ1) is 24.1. The van der Waals surface area contributed by atoms with Crippen LogP contribution in [0.4, 0.5) is 0 Å². The topological polar surface area (TPSA) is 244 Å². The van der Waals surface area contributed by atoms with Crippen molar-refractivity contribution in [1.82, 2.24) is 21.3 Å². The molecule has 0 aliphatic carbocycles. The Morgan fingerprint density at radius 1 is 0.588 bits per heavy atom. The van der Waals surface area contributed by atoms with Crippen LogP contribution in [0.3, 0.4) is 0 Å². The highest BCUT2D eigenvalue weighted by Crippen LogP contribution is 2.17. The van der Waals surface area contributed by atoms with Gasteiger partial charge in [-0.15, -0.1) is 0 Å². The quantitative estimate of drug-likeness (QED) is 0.0292. The highest BCUT2D eigenvalue weighted by atomic mass is 16.5. The number of esters is 1. The van der Waals surface area contributed by atoms with Crippen molar-refractivity contribution >= 4 is 29.6 Å². The fourth-order valence-corrected chi connectivity index (χ4v) is 5.45. The third-order valence-electron chi connectivity index (χ3n) is 8.45. The van der Waals surface area contributed by atoms with Crippen molar-refractivity contribution in [2.75, 3.05) is 6.54 Å². The van der Waals surface area contributed by atoms with Crippen molar-refractivity contribution in [1.29, 1.82) is 0 Å². The smallest absolute Gasteiger partial charge is 0.328 e. The van der Waals surface area contributed by atoms with Crippen molar-refractivity contribution in [2.45, 2.75) is 193 Å². The fourth-order valence-electron chi connectivity index (χ4n) is 5.45. The Kier molecular flexibility index (Phi) is 27.1. The van der Waals surface area contributed by atoms with Crippen molar-refractivity contribution in [3.63, 3.8) is 0 Å². The van der Waals surface area contributed by atoms with Crippen LogP contribution >= 0.6 is 0 Å². The van der Waals surface area contributed by atoms with E-state index in [4.69, 9.17) is 4.74 Å². The summed E-state index contributed by atoms with van der Waals surface area (Å²) in [6.45, 7) is 7.57. The standard InChI is InChI=1S/C36H68N4O11/c1-6-8-10-11-12-13-14-15-16-17-18-19-27(22-30(45)39-33(26(5)43)35(48)49)51-36(50)28(20-9-7-2)38-34(47)32(25(4)42)40-31(46)23-37-29(44)21-24(3)41/h24-28,32-33,35,41-43,48-49H,6-23H2,1-5H3,(H,37,44)(H,38,47)(H,39,45)(H,40,46). The van der Waals surface area contributed by atoms with E-state index in [0.29, 0.717) is 25.7 Å². The van der Waals surface area contributed by atoms with Gasteiger partial charge in [0.25, 0.3) is 0 Å². The lowest BCUT2D eigenvalue weighted by Crippen LogP contribution is -2.57. The van der Waals surface area contributed by atoms with Crippen LogP contribution in [0.2, 0.25) is 0 Å². The summed E-state index contributed by atoms with van der Waals surface area (Å²) in [6, 6.07) is -4.00. The molecule has 0 rings (SSSR count). The number of ether oxygens (including phenoxy) is 1. The van der Waals surface area contributed by atoms with Gasteiger partial charge in [-0.1, -0.05) is 90.9 Å². The molecule has 0 bridgehead atoms. The van der Waals surface area contributed by atoms with E-state index in [1.54, 1.807) is 0 Å². The molecule has 15 nitrogen and oxygen atoms in total. The highest BCUT2D eigenvalue weighted by molar-refractivity contribution is 5.92. The van der Waals surface area contributed by atoms with Gasteiger partial charge in [0.2, 0.25) is 23.6 Å². The number of rotatable bonds is 30. The molecule has 7 unspecified atom stereocenters. The molecule has 0 heterocycles. The number of aliphatic hydroxyl groups is 5. The highest BCUT2D eigenvalue weighted by Gasteiger charge is 2.32. The Hall–Kier alpha value is -2.85. The van der Waals surface area contributed by atoms with E-state index in [1.165, 1.54) is 59.3 Å². The Balaban J connectivity index is 5.53. The summed E-state index contributed by atoms with van der Waals surface area (Å²) in [5.74, 6) is -3.69. The second-order valence-corrected chi connectivity index (χ2v) is 13.7. The Labute approximate surface area is 304 Å². The summed E-state index contributed by atoms with van der Waals surface area (Å²) in [6.07, 6.45) is 6.82. The predicted molar refractivity (Wildman–Crippen MR) is 192 cm³/mol. The van der Waals surface area contributed by atoms with Gasteiger partial charge in [0.15, 0.2) is 6.29 Å². The minimum absolute atomic E-state index is 0.176. The Bertz CT molecular complexity index is 986. The van der Waals surface area contributed by atoms with Crippen LogP contribution in [0.5, 0.6) is 0 Å². The second-order valence-electron chi connectivity index (χ2n) is 13.7. The molecule has 4 amide bonds. The number of hydrogen-bond acceptors (Lipinski definition) is 11. The number of carbonyl (C=O) groups excluding carboxylic acids is 5. The maximum absolute atomic E-state index is 13.5. The van der Waals surface area contributed by atoms with Crippen LogP contribution in [0.1, 0.15) is 144 Å². The van der Waals surface area contributed by atoms with Crippen molar-refractivity contribution in [3.05, 3.63) is 0 Å². The first-order valence-corrected chi connectivity index (χ1v) is 18.9. The van der Waals surface area contributed by atoms with Gasteiger partial charge in [-0.05, 0) is 40.0 Å². The molecule has 15 heteroatoms. The summed E-state index contributed by atoms with van der Waals surface area (Å²) in [7, 11) is 0. The minimum Gasteiger partial charge on any atom is -0.460 e. The van der Waals surface area contributed by atoms with Gasteiger partial charge in [-0.2, -0.15) is 0 Å². The van der Waals surface area contributed by atoms with Crippen LogP contribution in [0.25, 0.3) is 0 Å². The zero-order valence-corrected chi connectivity index (χ0v) is 31.5. The molecule has 0 saturated heterocycles. The predicted octanol–water partition coefficient (Wildman–Crippen LogP) is 1.59. The second kappa shape index (κ2) is 28.7. The average Bonchev–Trinajstić information content (AvgIpc) is 3.04. The monoisotopic (exact) mass is 732 g/mol.